The molecule has 0 aliphatic heterocycles. The van der Waals surface area contributed by atoms with Crippen LogP contribution in [-0.2, 0) is 9.59 Å². The molecule has 5 heteroatoms. The van der Waals surface area contributed by atoms with Gasteiger partial charge in [-0.1, -0.05) is 157 Å². The number of carboxylic acids is 2. The second kappa shape index (κ2) is 40.9. The number of rotatable bonds is 24. The third-order valence-electron chi connectivity index (χ3n) is 5.97. The zero-order valence-electron chi connectivity index (χ0n) is 22.1. The molecule has 0 aromatic rings. The summed E-state index contributed by atoms with van der Waals surface area (Å²) >= 11 is 0. The van der Waals surface area contributed by atoms with Crippen LogP contribution in [0.3, 0.4) is 0 Å². The van der Waals surface area contributed by atoms with Crippen LogP contribution in [0.4, 0.5) is 0 Å². The van der Waals surface area contributed by atoms with Crippen molar-refractivity contribution in [3.63, 3.8) is 0 Å². The Kier molecular flexibility index (Phi) is 52.2. The molecular weight excluding hydrogens is 543 g/mol. The van der Waals surface area contributed by atoms with Crippen LogP contribution in [0.25, 0.3) is 0 Å². The first-order valence-electron chi connectivity index (χ1n) is 13.9. The number of unbranched alkanes of at least 4 members (excludes halogenated alkanes) is 20. The van der Waals surface area contributed by atoms with E-state index < -0.39 is 11.9 Å². The molecule has 0 aromatic heterocycles. The fourth-order valence-electron chi connectivity index (χ4n) is 3.87. The van der Waals surface area contributed by atoms with Gasteiger partial charge in [-0.2, -0.15) is 0 Å². The van der Waals surface area contributed by atoms with Crippen LogP contribution < -0.4 is 10.2 Å². The fraction of sp³-hybridized carbons (Fsp3) is 0.933. The molecule has 0 spiro atoms. The maximum Gasteiger partial charge on any atom is 2.00 e. The second-order valence-electron chi connectivity index (χ2n) is 9.32. The number of aliphatic carboxylic acids is 2. The molecule has 35 heavy (non-hydrogen) atoms. The summed E-state index contributed by atoms with van der Waals surface area (Å²) in [6.07, 6.45) is 28.1. The zero-order valence-corrected chi connectivity index (χ0v) is 25.0. The van der Waals surface area contributed by atoms with Crippen LogP contribution in [0.1, 0.15) is 183 Å². The van der Waals surface area contributed by atoms with E-state index in [1.54, 1.807) is 0 Å². The monoisotopic (exact) mass is 606 g/mol. The quantitative estimate of drug-likeness (QED) is 0.0832. The van der Waals surface area contributed by atoms with Crippen molar-refractivity contribution >= 4 is 35.8 Å². The molecule has 0 unspecified atom stereocenters. The molecule has 0 fully saturated rings. The van der Waals surface area contributed by atoms with Crippen molar-refractivity contribution in [1.29, 1.82) is 0 Å². The molecule has 0 aliphatic carbocycles. The van der Waals surface area contributed by atoms with Crippen molar-refractivity contribution in [3.8, 4) is 0 Å². The van der Waals surface area contributed by atoms with Crippen molar-refractivity contribution in [2.45, 2.75) is 183 Å². The van der Waals surface area contributed by atoms with Gasteiger partial charge >= 0.3 is 23.9 Å². The third-order valence-corrected chi connectivity index (χ3v) is 5.97. The minimum atomic E-state index is -0.907. The first kappa shape index (κ1) is 44.7. The predicted octanol–water partition coefficient (Wildman–Crippen LogP) is 7.77. The first-order chi connectivity index (χ1) is 15.5. The summed E-state index contributed by atoms with van der Waals surface area (Å²) in [5, 5.41) is 20.3. The first-order valence-corrected chi connectivity index (χ1v) is 13.9. The smallest absolute Gasteiger partial charge is 0.550 e. The van der Waals surface area contributed by atoms with E-state index in [0.717, 1.165) is 25.7 Å². The number of hydrogen-bond acceptors (Lipinski definition) is 4. The van der Waals surface area contributed by atoms with Crippen LogP contribution in [0.2, 0.25) is 0 Å². The van der Waals surface area contributed by atoms with Crippen molar-refractivity contribution in [2.75, 3.05) is 0 Å². The molecule has 0 atom stereocenters. The van der Waals surface area contributed by atoms with Gasteiger partial charge in [-0.15, -0.1) is 0 Å². The van der Waals surface area contributed by atoms with Gasteiger partial charge in [0.25, 0.3) is 0 Å². The van der Waals surface area contributed by atoms with Gasteiger partial charge in [-0.25, -0.2) is 0 Å². The molecule has 0 saturated carbocycles. The maximum absolute atomic E-state index is 10.1. The van der Waals surface area contributed by atoms with Crippen molar-refractivity contribution < 1.29 is 19.8 Å². The second-order valence-corrected chi connectivity index (χ2v) is 9.32. The van der Waals surface area contributed by atoms with Gasteiger partial charge in [0, 0.05) is 11.9 Å². The maximum atomic E-state index is 10.1. The Hall–Kier alpha value is -0.261. The van der Waals surface area contributed by atoms with Crippen molar-refractivity contribution in [1.82, 2.24) is 0 Å². The Labute approximate surface area is 237 Å². The summed E-state index contributed by atoms with van der Waals surface area (Å²) < 4.78 is 0. The number of carbonyl (C=O) groups excluding carboxylic acids is 2. The standard InChI is InChI=1S/2C14H28O2.2CH4.Sn/c2*1-2-3-4-5-6-7-8-9-10-11-12-13-14(15)16;;;/h2*2-13H2,1H3,(H,15,16);2*1H4;/q;;;;+2/p-2. The number of carbonyl (C=O) groups is 2. The Morgan fingerprint density at radius 1 is 0.400 bits per heavy atom. The molecule has 0 aliphatic rings. The van der Waals surface area contributed by atoms with Crippen molar-refractivity contribution in [3.05, 3.63) is 0 Å². The van der Waals surface area contributed by atoms with Crippen LogP contribution in [-0.4, -0.2) is 35.8 Å². The summed E-state index contributed by atoms with van der Waals surface area (Å²) in [5.41, 5.74) is 0. The summed E-state index contributed by atoms with van der Waals surface area (Å²) in [5.74, 6) is -1.81. The van der Waals surface area contributed by atoms with E-state index in [-0.39, 0.29) is 51.6 Å². The van der Waals surface area contributed by atoms with Gasteiger partial charge < -0.3 is 19.8 Å². The molecule has 0 amide bonds. The third kappa shape index (κ3) is 51.3. The van der Waals surface area contributed by atoms with E-state index in [2.05, 4.69) is 13.8 Å². The predicted molar refractivity (Wildman–Crippen MR) is 151 cm³/mol. The van der Waals surface area contributed by atoms with Gasteiger partial charge in [0.2, 0.25) is 0 Å². The Morgan fingerprint density at radius 2 is 0.571 bits per heavy atom. The van der Waals surface area contributed by atoms with Crippen LogP contribution in [0.15, 0.2) is 0 Å². The molecule has 0 saturated heterocycles. The molecular formula is C30H62O4Sn. The van der Waals surface area contributed by atoms with Gasteiger partial charge in [0.1, 0.15) is 0 Å². The summed E-state index contributed by atoms with van der Waals surface area (Å²) in [6.45, 7) is 4.49. The SMILES string of the molecule is C.C.CCCCCCCCCCCCCC(=O)[O-].CCCCCCCCCCCCCC(=O)[O-].[Sn+2]. The largest absolute Gasteiger partial charge is 2.00 e. The van der Waals surface area contributed by atoms with E-state index >= 15 is 0 Å². The molecule has 0 heterocycles. The summed E-state index contributed by atoms with van der Waals surface area (Å²) in [4.78, 5) is 20.3. The zero-order chi connectivity index (χ0) is 24.1. The summed E-state index contributed by atoms with van der Waals surface area (Å²) in [7, 11) is 0. The molecule has 0 N–H and O–H groups in total. The molecule has 0 aromatic carbocycles. The van der Waals surface area contributed by atoms with E-state index in [4.69, 9.17) is 0 Å². The topological polar surface area (TPSA) is 80.3 Å². The molecule has 2 radical (unpaired) electrons. The van der Waals surface area contributed by atoms with Crippen LogP contribution >= 0.6 is 0 Å². The number of hydrogen-bond donors (Lipinski definition) is 0. The van der Waals surface area contributed by atoms with E-state index in [1.165, 1.54) is 116 Å². The van der Waals surface area contributed by atoms with Crippen LogP contribution in [0.5, 0.6) is 0 Å². The van der Waals surface area contributed by atoms with Gasteiger partial charge in [0.05, 0.1) is 0 Å². The van der Waals surface area contributed by atoms with Crippen LogP contribution in [0, 0.1) is 0 Å². The Balaban J connectivity index is -0.000000158. The molecule has 0 rings (SSSR count). The van der Waals surface area contributed by atoms with E-state index in [1.807, 2.05) is 0 Å². The minimum absolute atomic E-state index is 0. The van der Waals surface area contributed by atoms with Crippen molar-refractivity contribution in [2.24, 2.45) is 0 Å². The average molecular weight is 606 g/mol. The van der Waals surface area contributed by atoms with Gasteiger partial charge in [-0.3, -0.25) is 0 Å². The molecule has 210 valence electrons. The fourth-order valence-corrected chi connectivity index (χ4v) is 3.87. The van der Waals surface area contributed by atoms with Gasteiger partial charge in [0.15, 0.2) is 0 Å². The van der Waals surface area contributed by atoms with E-state index in [0.29, 0.717) is 0 Å². The average Bonchev–Trinajstić information content (AvgIpc) is 2.76. The molecule has 0 bridgehead atoms. The number of carboxylic acid groups (broad SMARTS) is 2. The Bertz CT molecular complexity index is 353. The van der Waals surface area contributed by atoms with Gasteiger partial charge in [-0.05, 0) is 25.7 Å². The normalized spacial score (nSPS) is 9.66. The Morgan fingerprint density at radius 3 is 0.743 bits per heavy atom. The molecule has 4 nitrogen and oxygen atoms in total. The summed E-state index contributed by atoms with van der Waals surface area (Å²) in [6, 6.07) is 0. The van der Waals surface area contributed by atoms with E-state index in [9.17, 15) is 19.8 Å². The minimum Gasteiger partial charge on any atom is -0.550 e.